The number of benzene rings is 1. The summed E-state index contributed by atoms with van der Waals surface area (Å²) in [7, 11) is 0. The first-order valence-electron chi connectivity index (χ1n) is 5.45. The van der Waals surface area contributed by atoms with Crippen molar-refractivity contribution in [3.05, 3.63) is 53.1 Å². The maximum Gasteiger partial charge on any atom is 0.335 e. The Hall–Kier alpha value is -2.83. The molecule has 0 amide bonds. The van der Waals surface area contributed by atoms with Gasteiger partial charge in [0.2, 0.25) is 5.95 Å². The van der Waals surface area contributed by atoms with Crippen LogP contribution in [0.3, 0.4) is 0 Å². The quantitative estimate of drug-likeness (QED) is 0.899. The Balaban J connectivity index is 2.41. The minimum atomic E-state index is -1.23. The van der Waals surface area contributed by atoms with E-state index in [-0.39, 0.29) is 22.6 Å². The predicted octanol–water partition coefficient (Wildman–Crippen LogP) is 2.36. The molecule has 0 aliphatic carbocycles. The summed E-state index contributed by atoms with van der Waals surface area (Å²) in [5, 5.41) is 8.81. The highest BCUT2D eigenvalue weighted by Crippen LogP contribution is 2.21. The van der Waals surface area contributed by atoms with E-state index in [4.69, 9.17) is 10.8 Å². The van der Waals surface area contributed by atoms with Crippen LogP contribution >= 0.6 is 0 Å². The second-order valence-electron chi connectivity index (χ2n) is 3.86. The fourth-order valence-electron chi connectivity index (χ4n) is 1.47. The number of carboxylic acid groups (broad SMARTS) is 1. The number of nitrogens with zero attached hydrogens (tertiary/aromatic N) is 2. The maximum absolute atomic E-state index is 13.9. The van der Waals surface area contributed by atoms with Crippen molar-refractivity contribution < 1.29 is 18.7 Å². The van der Waals surface area contributed by atoms with Crippen molar-refractivity contribution in [2.24, 2.45) is 0 Å². The summed E-state index contributed by atoms with van der Waals surface area (Å²) >= 11 is 0. The normalized spacial score (nSPS) is 11.4. The third-order valence-corrected chi connectivity index (χ3v) is 2.47. The van der Waals surface area contributed by atoms with Gasteiger partial charge < -0.3 is 10.8 Å². The number of aromatic carboxylic acids is 1. The highest BCUT2D eigenvalue weighted by molar-refractivity contribution is 5.89. The minimum Gasteiger partial charge on any atom is -0.478 e. The fraction of sp³-hybridized carbons (Fsp3) is 0. The summed E-state index contributed by atoms with van der Waals surface area (Å²) in [4.78, 5) is 18.0. The molecule has 7 heteroatoms. The Morgan fingerprint density at radius 1 is 1.25 bits per heavy atom. The summed E-state index contributed by atoms with van der Waals surface area (Å²) in [6.07, 6.45) is 3.16. The van der Waals surface area contributed by atoms with Gasteiger partial charge in [0.1, 0.15) is 11.6 Å². The van der Waals surface area contributed by atoms with Crippen LogP contribution in [0.2, 0.25) is 0 Å². The van der Waals surface area contributed by atoms with Gasteiger partial charge >= 0.3 is 5.97 Å². The molecule has 0 aliphatic heterocycles. The number of nitrogen functional groups attached to an aromatic ring is 1. The van der Waals surface area contributed by atoms with E-state index >= 15 is 0 Å². The standard InChI is InChI=1S/C13H9F2N3O2/c14-10-2-1-7(12(19)20)3-8(10)4-11(15)9-5-17-13(16)18-6-9/h1-6H,(H,19,20)(H2,16,17,18)/b11-4-. The molecule has 1 aromatic carbocycles. The first kappa shape index (κ1) is 13.6. The molecule has 0 saturated heterocycles. The highest BCUT2D eigenvalue weighted by atomic mass is 19.1. The number of aromatic nitrogens is 2. The summed E-state index contributed by atoms with van der Waals surface area (Å²) in [6.45, 7) is 0. The van der Waals surface area contributed by atoms with E-state index in [1.807, 2.05) is 0 Å². The third kappa shape index (κ3) is 2.94. The zero-order valence-electron chi connectivity index (χ0n) is 10.0. The zero-order chi connectivity index (χ0) is 14.7. The number of rotatable bonds is 3. The molecule has 0 unspecified atom stereocenters. The van der Waals surface area contributed by atoms with Crippen molar-refractivity contribution in [2.75, 3.05) is 5.73 Å². The molecule has 1 heterocycles. The van der Waals surface area contributed by atoms with E-state index in [1.165, 1.54) is 0 Å². The molecule has 0 fully saturated rings. The number of anilines is 1. The molecule has 20 heavy (non-hydrogen) atoms. The molecule has 0 radical (unpaired) electrons. The van der Waals surface area contributed by atoms with Crippen LogP contribution < -0.4 is 5.73 Å². The van der Waals surface area contributed by atoms with Gasteiger partial charge in [-0.05, 0) is 24.3 Å². The number of hydrogen-bond acceptors (Lipinski definition) is 4. The van der Waals surface area contributed by atoms with Gasteiger partial charge in [-0.25, -0.2) is 23.5 Å². The van der Waals surface area contributed by atoms with E-state index in [0.717, 1.165) is 36.7 Å². The van der Waals surface area contributed by atoms with Gasteiger partial charge in [0, 0.05) is 23.5 Å². The van der Waals surface area contributed by atoms with E-state index < -0.39 is 17.6 Å². The van der Waals surface area contributed by atoms with Crippen LogP contribution in [0, 0.1) is 5.82 Å². The number of carboxylic acids is 1. The number of carbonyl (C=O) groups is 1. The lowest BCUT2D eigenvalue weighted by Crippen LogP contribution is -1.98. The Labute approximate surface area is 112 Å². The van der Waals surface area contributed by atoms with E-state index in [2.05, 4.69) is 9.97 Å². The molecular formula is C13H9F2N3O2. The van der Waals surface area contributed by atoms with Crippen LogP contribution in [0.5, 0.6) is 0 Å². The van der Waals surface area contributed by atoms with Crippen molar-refractivity contribution in [3.63, 3.8) is 0 Å². The Bertz CT molecular complexity index is 685. The van der Waals surface area contributed by atoms with E-state index in [0.29, 0.717) is 0 Å². The number of halogens is 2. The lowest BCUT2D eigenvalue weighted by atomic mass is 10.1. The maximum atomic E-state index is 13.9. The smallest absolute Gasteiger partial charge is 0.335 e. The summed E-state index contributed by atoms with van der Waals surface area (Å²) in [6, 6.07) is 3.09. The molecule has 0 saturated carbocycles. The molecule has 3 N–H and O–H groups in total. The molecule has 0 atom stereocenters. The van der Waals surface area contributed by atoms with Crippen LogP contribution in [-0.2, 0) is 0 Å². The number of hydrogen-bond donors (Lipinski definition) is 2. The lowest BCUT2D eigenvalue weighted by molar-refractivity contribution is 0.0697. The Morgan fingerprint density at radius 3 is 2.50 bits per heavy atom. The van der Waals surface area contributed by atoms with Gasteiger partial charge in [-0.1, -0.05) is 0 Å². The fourth-order valence-corrected chi connectivity index (χ4v) is 1.47. The molecular weight excluding hydrogens is 268 g/mol. The third-order valence-electron chi connectivity index (χ3n) is 2.47. The molecule has 1 aromatic heterocycles. The molecule has 2 aromatic rings. The van der Waals surface area contributed by atoms with Gasteiger partial charge in [0.05, 0.1) is 5.56 Å². The first-order chi connectivity index (χ1) is 9.47. The average Bonchev–Trinajstić information content (AvgIpc) is 2.41. The topological polar surface area (TPSA) is 89.1 Å². The van der Waals surface area contributed by atoms with Crippen LogP contribution in [-0.4, -0.2) is 21.0 Å². The predicted molar refractivity (Wildman–Crippen MR) is 68.8 cm³/mol. The monoisotopic (exact) mass is 277 g/mol. The van der Waals surface area contributed by atoms with Crippen LogP contribution in [0.4, 0.5) is 14.7 Å². The minimum absolute atomic E-state index is 0.0133. The molecule has 102 valence electrons. The molecule has 0 bridgehead atoms. The lowest BCUT2D eigenvalue weighted by Gasteiger charge is -2.01. The molecule has 0 spiro atoms. The van der Waals surface area contributed by atoms with Crippen LogP contribution in [0.1, 0.15) is 21.5 Å². The molecule has 2 rings (SSSR count). The van der Waals surface area contributed by atoms with Gasteiger partial charge in [-0.3, -0.25) is 0 Å². The van der Waals surface area contributed by atoms with E-state index in [9.17, 15) is 13.6 Å². The second kappa shape index (κ2) is 5.43. The summed E-state index contributed by atoms with van der Waals surface area (Å²) in [5.74, 6) is -2.77. The van der Waals surface area contributed by atoms with E-state index in [1.54, 1.807) is 0 Å². The first-order valence-corrected chi connectivity index (χ1v) is 5.45. The van der Waals surface area contributed by atoms with Gasteiger partial charge in [0.25, 0.3) is 0 Å². The Kier molecular flexibility index (Phi) is 3.69. The van der Waals surface area contributed by atoms with Gasteiger partial charge in [-0.15, -0.1) is 0 Å². The zero-order valence-corrected chi connectivity index (χ0v) is 10.0. The number of nitrogens with two attached hydrogens (primary N) is 1. The largest absolute Gasteiger partial charge is 0.478 e. The van der Waals surface area contributed by atoms with Crippen LogP contribution in [0.15, 0.2) is 30.6 Å². The second-order valence-corrected chi connectivity index (χ2v) is 3.86. The summed E-state index contributed by atoms with van der Waals surface area (Å²) in [5.41, 5.74) is 4.96. The highest BCUT2D eigenvalue weighted by Gasteiger charge is 2.09. The SMILES string of the molecule is Nc1ncc(/C(F)=C/c2cc(C(=O)O)ccc2F)cn1. The van der Waals surface area contributed by atoms with Crippen molar-refractivity contribution in [3.8, 4) is 0 Å². The van der Waals surface area contributed by atoms with Crippen LogP contribution in [0.25, 0.3) is 11.9 Å². The van der Waals surface area contributed by atoms with Gasteiger partial charge in [0.15, 0.2) is 0 Å². The van der Waals surface area contributed by atoms with Crippen molar-refractivity contribution in [1.82, 2.24) is 9.97 Å². The average molecular weight is 277 g/mol. The van der Waals surface area contributed by atoms with Gasteiger partial charge in [-0.2, -0.15) is 0 Å². The van der Waals surface area contributed by atoms with Crippen molar-refractivity contribution >= 4 is 23.8 Å². The van der Waals surface area contributed by atoms with Crippen molar-refractivity contribution in [2.45, 2.75) is 0 Å². The molecule has 5 nitrogen and oxygen atoms in total. The van der Waals surface area contributed by atoms with Crippen molar-refractivity contribution in [1.29, 1.82) is 0 Å². The summed E-state index contributed by atoms with van der Waals surface area (Å²) < 4.78 is 27.4. The molecule has 0 aliphatic rings. The Morgan fingerprint density at radius 2 is 1.90 bits per heavy atom.